The standard InChI is InChI=1S/C25H29ClN2O4/c1-15-12-16(2)23(20(26)13-15)27-25(30)17(3)28-8-6-18(7-9-28)24(29)19-4-5-21-22(14-19)32-11-10-31-21/h4-5,12-14,17-18H,6-11H2,1-3H3,(H,27,30). The summed E-state index contributed by atoms with van der Waals surface area (Å²) in [5.41, 5.74) is 3.32. The number of nitrogens with zero attached hydrogens (tertiary/aromatic N) is 1. The molecule has 1 atom stereocenters. The molecule has 0 aromatic heterocycles. The fourth-order valence-corrected chi connectivity index (χ4v) is 4.82. The molecule has 6 nitrogen and oxygen atoms in total. The van der Waals surface area contributed by atoms with Gasteiger partial charge in [-0.25, -0.2) is 0 Å². The van der Waals surface area contributed by atoms with E-state index in [4.69, 9.17) is 21.1 Å². The third-order valence-corrected chi connectivity index (χ3v) is 6.63. The highest BCUT2D eigenvalue weighted by atomic mass is 35.5. The van der Waals surface area contributed by atoms with Crippen molar-refractivity contribution in [2.45, 2.75) is 39.7 Å². The van der Waals surface area contributed by atoms with E-state index in [1.807, 2.05) is 45.0 Å². The second-order valence-corrected chi connectivity index (χ2v) is 9.04. The Labute approximate surface area is 193 Å². The predicted octanol–water partition coefficient (Wildman–Crippen LogP) is 4.65. The molecule has 170 valence electrons. The zero-order chi connectivity index (χ0) is 22.8. The Kier molecular flexibility index (Phi) is 6.72. The molecule has 1 amide bonds. The summed E-state index contributed by atoms with van der Waals surface area (Å²) in [6.07, 6.45) is 1.43. The van der Waals surface area contributed by atoms with Crippen LogP contribution in [0, 0.1) is 19.8 Å². The monoisotopic (exact) mass is 456 g/mol. The Balaban J connectivity index is 1.35. The van der Waals surface area contributed by atoms with E-state index in [0.29, 0.717) is 54.1 Å². The van der Waals surface area contributed by atoms with Gasteiger partial charge in [0.25, 0.3) is 0 Å². The summed E-state index contributed by atoms with van der Waals surface area (Å²) < 4.78 is 11.1. The highest BCUT2D eigenvalue weighted by Crippen LogP contribution is 2.33. The van der Waals surface area contributed by atoms with Crippen molar-refractivity contribution in [1.82, 2.24) is 4.90 Å². The number of benzene rings is 2. The minimum atomic E-state index is -0.308. The number of carbonyl (C=O) groups excluding carboxylic acids is 2. The van der Waals surface area contributed by atoms with Crippen LogP contribution >= 0.6 is 11.6 Å². The van der Waals surface area contributed by atoms with Crippen LogP contribution in [0.1, 0.15) is 41.3 Å². The number of rotatable bonds is 5. The molecule has 2 heterocycles. The van der Waals surface area contributed by atoms with Gasteiger partial charge in [0.05, 0.1) is 16.8 Å². The van der Waals surface area contributed by atoms with Gasteiger partial charge in [-0.1, -0.05) is 17.7 Å². The summed E-state index contributed by atoms with van der Waals surface area (Å²) in [6.45, 7) is 8.22. The largest absolute Gasteiger partial charge is 0.486 e. The molecule has 0 spiro atoms. The zero-order valence-electron chi connectivity index (χ0n) is 18.7. The van der Waals surface area contributed by atoms with Crippen LogP contribution in [0.3, 0.4) is 0 Å². The summed E-state index contributed by atoms with van der Waals surface area (Å²) in [5, 5.41) is 3.53. The van der Waals surface area contributed by atoms with Crippen LogP contribution in [0.25, 0.3) is 0 Å². The van der Waals surface area contributed by atoms with Crippen molar-refractivity contribution in [2.24, 2.45) is 5.92 Å². The number of carbonyl (C=O) groups is 2. The summed E-state index contributed by atoms with van der Waals surface area (Å²) in [4.78, 5) is 28.0. The maximum atomic E-state index is 13.0. The number of hydrogen-bond acceptors (Lipinski definition) is 5. The van der Waals surface area contributed by atoms with E-state index >= 15 is 0 Å². The molecule has 32 heavy (non-hydrogen) atoms. The summed E-state index contributed by atoms with van der Waals surface area (Å²) >= 11 is 6.34. The molecule has 2 aliphatic rings. The zero-order valence-corrected chi connectivity index (χ0v) is 19.5. The third kappa shape index (κ3) is 4.76. The molecule has 4 rings (SSSR count). The Morgan fingerprint density at radius 1 is 1.06 bits per heavy atom. The average molecular weight is 457 g/mol. The summed E-state index contributed by atoms with van der Waals surface area (Å²) in [7, 11) is 0. The van der Waals surface area contributed by atoms with E-state index in [9.17, 15) is 9.59 Å². The molecule has 2 aromatic carbocycles. The molecule has 0 aliphatic carbocycles. The van der Waals surface area contributed by atoms with Crippen LogP contribution in [0.15, 0.2) is 30.3 Å². The van der Waals surface area contributed by atoms with Crippen LogP contribution in [-0.2, 0) is 4.79 Å². The van der Waals surface area contributed by atoms with Crippen LogP contribution in [0.5, 0.6) is 11.5 Å². The topological polar surface area (TPSA) is 67.9 Å². The first-order chi connectivity index (χ1) is 15.3. The maximum absolute atomic E-state index is 13.0. The number of ether oxygens (including phenoxy) is 2. The molecule has 0 radical (unpaired) electrons. The van der Waals surface area contributed by atoms with E-state index in [2.05, 4.69) is 10.2 Å². The predicted molar refractivity (Wildman–Crippen MR) is 125 cm³/mol. The van der Waals surface area contributed by atoms with Gasteiger partial charge in [0.15, 0.2) is 17.3 Å². The van der Waals surface area contributed by atoms with Crippen molar-refractivity contribution >= 4 is 29.0 Å². The van der Waals surface area contributed by atoms with Gasteiger partial charge in [0.2, 0.25) is 5.91 Å². The number of aryl methyl sites for hydroxylation is 2. The van der Waals surface area contributed by atoms with Crippen molar-refractivity contribution < 1.29 is 19.1 Å². The smallest absolute Gasteiger partial charge is 0.241 e. The molecule has 2 aliphatic heterocycles. The van der Waals surface area contributed by atoms with Gasteiger partial charge in [-0.05, 0) is 82.1 Å². The number of anilines is 1. The van der Waals surface area contributed by atoms with Crippen LogP contribution in [0.2, 0.25) is 5.02 Å². The lowest BCUT2D eigenvalue weighted by Crippen LogP contribution is -2.47. The first kappa shape index (κ1) is 22.6. The maximum Gasteiger partial charge on any atom is 0.241 e. The number of hydrogen-bond donors (Lipinski definition) is 1. The van der Waals surface area contributed by atoms with Gasteiger partial charge in [0.1, 0.15) is 13.2 Å². The molecule has 0 bridgehead atoms. The molecule has 7 heteroatoms. The molecular formula is C25H29ClN2O4. The summed E-state index contributed by atoms with van der Waals surface area (Å²) in [6, 6.07) is 8.95. The van der Waals surface area contributed by atoms with Gasteiger partial charge in [-0.2, -0.15) is 0 Å². The normalized spacial score (nSPS) is 17.6. The average Bonchev–Trinajstić information content (AvgIpc) is 2.80. The summed E-state index contributed by atoms with van der Waals surface area (Å²) in [5.74, 6) is 1.30. The second kappa shape index (κ2) is 9.51. The lowest BCUT2D eigenvalue weighted by molar-refractivity contribution is -0.121. The number of Topliss-reactive ketones (excluding diaryl/α,β-unsaturated/α-hetero) is 1. The van der Waals surface area contributed by atoms with Gasteiger partial charge in [-0.15, -0.1) is 0 Å². The van der Waals surface area contributed by atoms with E-state index in [1.54, 1.807) is 6.07 Å². The van der Waals surface area contributed by atoms with Crippen molar-refractivity contribution in [1.29, 1.82) is 0 Å². The number of fused-ring (bicyclic) bond motifs is 1. The van der Waals surface area contributed by atoms with Crippen LogP contribution in [-0.4, -0.2) is 48.9 Å². The molecule has 0 saturated carbocycles. The first-order valence-corrected chi connectivity index (χ1v) is 11.5. The Morgan fingerprint density at radius 3 is 2.44 bits per heavy atom. The highest BCUT2D eigenvalue weighted by Gasteiger charge is 2.31. The van der Waals surface area contributed by atoms with Gasteiger partial charge < -0.3 is 14.8 Å². The molecule has 1 unspecified atom stereocenters. The molecule has 1 fully saturated rings. The number of likely N-dealkylation sites (tertiary alicyclic amines) is 1. The van der Waals surface area contributed by atoms with Crippen molar-refractivity contribution in [3.8, 4) is 11.5 Å². The van der Waals surface area contributed by atoms with Crippen molar-refractivity contribution in [3.05, 3.63) is 52.0 Å². The first-order valence-electron chi connectivity index (χ1n) is 11.1. The van der Waals surface area contributed by atoms with E-state index < -0.39 is 0 Å². The number of halogens is 1. The van der Waals surface area contributed by atoms with Gasteiger partial charge in [-0.3, -0.25) is 14.5 Å². The van der Waals surface area contributed by atoms with Crippen molar-refractivity contribution in [3.63, 3.8) is 0 Å². The Morgan fingerprint density at radius 2 is 1.75 bits per heavy atom. The van der Waals surface area contributed by atoms with Crippen molar-refractivity contribution in [2.75, 3.05) is 31.6 Å². The minimum Gasteiger partial charge on any atom is -0.486 e. The molecule has 1 N–H and O–H groups in total. The molecule has 2 aromatic rings. The van der Waals surface area contributed by atoms with Gasteiger partial charge >= 0.3 is 0 Å². The Hall–Kier alpha value is -2.57. The second-order valence-electron chi connectivity index (χ2n) is 8.64. The SMILES string of the molecule is Cc1cc(C)c(NC(=O)C(C)N2CCC(C(=O)c3ccc4c(c3)OCCO4)CC2)c(Cl)c1. The lowest BCUT2D eigenvalue weighted by Gasteiger charge is -2.35. The quantitative estimate of drug-likeness (QED) is 0.663. The van der Waals surface area contributed by atoms with E-state index in [1.165, 1.54) is 0 Å². The number of nitrogens with one attached hydrogen (secondary N) is 1. The number of ketones is 1. The minimum absolute atomic E-state index is 0.0575. The van der Waals surface area contributed by atoms with Crippen LogP contribution < -0.4 is 14.8 Å². The van der Waals surface area contributed by atoms with Crippen LogP contribution in [0.4, 0.5) is 5.69 Å². The Bertz CT molecular complexity index is 1010. The highest BCUT2D eigenvalue weighted by molar-refractivity contribution is 6.34. The fourth-order valence-electron chi connectivity index (χ4n) is 4.45. The number of amides is 1. The molecule has 1 saturated heterocycles. The molecular weight excluding hydrogens is 428 g/mol. The van der Waals surface area contributed by atoms with E-state index in [0.717, 1.165) is 24.0 Å². The van der Waals surface area contributed by atoms with E-state index in [-0.39, 0.29) is 23.7 Å². The fraction of sp³-hybridized carbons (Fsp3) is 0.440. The number of piperidine rings is 1. The van der Waals surface area contributed by atoms with Gasteiger partial charge in [0, 0.05) is 11.5 Å². The lowest BCUT2D eigenvalue weighted by atomic mass is 9.88. The third-order valence-electron chi connectivity index (χ3n) is 6.33.